The minimum absolute atomic E-state index is 0.0255. The van der Waals surface area contributed by atoms with Crippen LogP contribution in [0.25, 0.3) is 0 Å². The van der Waals surface area contributed by atoms with Crippen molar-refractivity contribution in [2.75, 3.05) is 6.54 Å². The smallest absolute Gasteiger partial charge is 0.308 e. The average molecular weight is 375 g/mol. The van der Waals surface area contributed by atoms with Crippen LogP contribution in [0.2, 0.25) is 0 Å². The molecular weight excluding hydrogens is 354 g/mol. The molecule has 26 heavy (non-hydrogen) atoms. The van der Waals surface area contributed by atoms with Crippen LogP contribution in [0.3, 0.4) is 0 Å². The Labute approximate surface area is 152 Å². The molecule has 7 heteroatoms. The highest BCUT2D eigenvalue weighted by Gasteiger charge is 2.16. The lowest BCUT2D eigenvalue weighted by Gasteiger charge is -2.09. The summed E-state index contributed by atoms with van der Waals surface area (Å²) >= 11 is 0. The minimum Gasteiger partial charge on any atom is -0.481 e. The van der Waals surface area contributed by atoms with Gasteiger partial charge in [-0.05, 0) is 36.8 Å². The number of aryl methyl sites for hydroxylation is 1. The molecule has 2 N–H and O–H groups in total. The summed E-state index contributed by atoms with van der Waals surface area (Å²) in [6.45, 7) is 3.41. The lowest BCUT2D eigenvalue weighted by atomic mass is 10.1. The maximum Gasteiger partial charge on any atom is 0.308 e. The van der Waals surface area contributed by atoms with Crippen LogP contribution in [0.4, 0.5) is 0 Å². The van der Waals surface area contributed by atoms with Crippen molar-refractivity contribution in [3.8, 4) is 0 Å². The number of aliphatic carboxylic acids is 1. The van der Waals surface area contributed by atoms with E-state index in [1.165, 1.54) is 19.1 Å². The molecular formula is C19H21NO5S. The summed E-state index contributed by atoms with van der Waals surface area (Å²) in [6, 6.07) is 12.9. The zero-order valence-electron chi connectivity index (χ0n) is 14.6. The van der Waals surface area contributed by atoms with Gasteiger partial charge in [-0.25, -0.2) is 8.42 Å². The van der Waals surface area contributed by atoms with E-state index >= 15 is 0 Å². The van der Waals surface area contributed by atoms with Gasteiger partial charge in [-0.15, -0.1) is 0 Å². The van der Waals surface area contributed by atoms with Gasteiger partial charge in [-0.1, -0.05) is 36.8 Å². The third kappa shape index (κ3) is 5.16. The third-order valence-corrected chi connectivity index (χ3v) is 5.65. The van der Waals surface area contributed by atoms with Gasteiger partial charge in [0.15, 0.2) is 9.84 Å². The fraction of sp³-hybridized carbons (Fsp3) is 0.263. The summed E-state index contributed by atoms with van der Waals surface area (Å²) in [4.78, 5) is 23.0. The number of carboxylic acid groups (broad SMARTS) is 1. The van der Waals surface area contributed by atoms with E-state index in [9.17, 15) is 18.0 Å². The maximum absolute atomic E-state index is 12.4. The van der Waals surface area contributed by atoms with Crippen LogP contribution >= 0.6 is 0 Å². The van der Waals surface area contributed by atoms with Crippen LogP contribution in [0, 0.1) is 12.8 Å². The van der Waals surface area contributed by atoms with E-state index in [4.69, 9.17) is 5.11 Å². The van der Waals surface area contributed by atoms with E-state index in [1.807, 2.05) is 6.92 Å². The molecule has 0 heterocycles. The van der Waals surface area contributed by atoms with Crippen molar-refractivity contribution in [1.82, 2.24) is 5.32 Å². The lowest BCUT2D eigenvalue weighted by Crippen LogP contribution is -2.31. The van der Waals surface area contributed by atoms with Crippen LogP contribution in [-0.4, -0.2) is 31.9 Å². The van der Waals surface area contributed by atoms with Gasteiger partial charge in [0.2, 0.25) is 0 Å². The summed E-state index contributed by atoms with van der Waals surface area (Å²) < 4.78 is 24.9. The van der Waals surface area contributed by atoms with Crippen LogP contribution in [0.5, 0.6) is 0 Å². The van der Waals surface area contributed by atoms with Crippen molar-refractivity contribution in [2.24, 2.45) is 5.92 Å². The van der Waals surface area contributed by atoms with E-state index in [1.54, 1.807) is 36.4 Å². The molecule has 2 aromatic rings. The quantitative estimate of drug-likeness (QED) is 0.774. The molecule has 1 unspecified atom stereocenters. The highest BCUT2D eigenvalue weighted by atomic mass is 32.2. The van der Waals surface area contributed by atoms with Crippen molar-refractivity contribution < 1.29 is 23.1 Å². The SMILES string of the molecule is Cc1ccc(S(=O)(=O)Cc2ccc(C(=O)NCC(C)C(=O)O)cc2)cc1. The molecule has 0 saturated heterocycles. The van der Waals surface area contributed by atoms with Gasteiger partial charge >= 0.3 is 5.97 Å². The normalized spacial score (nSPS) is 12.4. The first-order valence-electron chi connectivity index (χ1n) is 8.08. The van der Waals surface area contributed by atoms with Crippen molar-refractivity contribution in [1.29, 1.82) is 0 Å². The summed E-state index contributed by atoms with van der Waals surface area (Å²) in [5, 5.41) is 11.4. The second-order valence-corrected chi connectivity index (χ2v) is 8.21. The molecule has 2 rings (SSSR count). The van der Waals surface area contributed by atoms with Crippen LogP contribution in [-0.2, 0) is 20.4 Å². The van der Waals surface area contributed by atoms with E-state index in [-0.39, 0.29) is 17.2 Å². The first-order chi connectivity index (χ1) is 12.2. The fourth-order valence-electron chi connectivity index (χ4n) is 2.24. The Morgan fingerprint density at radius 3 is 2.15 bits per heavy atom. The highest BCUT2D eigenvalue weighted by Crippen LogP contribution is 2.17. The van der Waals surface area contributed by atoms with Crippen LogP contribution in [0.15, 0.2) is 53.4 Å². The number of rotatable bonds is 7. The van der Waals surface area contributed by atoms with Gasteiger partial charge in [0.05, 0.1) is 16.6 Å². The molecule has 138 valence electrons. The molecule has 1 amide bonds. The number of carbonyl (C=O) groups is 2. The number of benzene rings is 2. The standard InChI is InChI=1S/C19H21NO5S/c1-13-3-9-17(10-4-13)26(24,25)12-15-5-7-16(8-6-15)18(21)20-11-14(2)19(22)23/h3-10,14H,11-12H2,1-2H3,(H,20,21)(H,22,23). The molecule has 0 aliphatic heterocycles. The molecule has 1 atom stereocenters. The van der Waals surface area contributed by atoms with Gasteiger partial charge < -0.3 is 10.4 Å². The Morgan fingerprint density at radius 2 is 1.62 bits per heavy atom. The number of amides is 1. The molecule has 0 aromatic heterocycles. The highest BCUT2D eigenvalue weighted by molar-refractivity contribution is 7.90. The van der Waals surface area contributed by atoms with Gasteiger partial charge in [-0.3, -0.25) is 9.59 Å². The number of hydrogen-bond donors (Lipinski definition) is 2. The van der Waals surface area contributed by atoms with E-state index in [0.717, 1.165) is 5.56 Å². The lowest BCUT2D eigenvalue weighted by molar-refractivity contribution is -0.140. The minimum atomic E-state index is -3.46. The Bertz CT molecular complexity index is 887. The second kappa shape index (κ2) is 8.14. The Morgan fingerprint density at radius 1 is 1.04 bits per heavy atom. The summed E-state index contributed by atoms with van der Waals surface area (Å²) in [5.41, 5.74) is 1.90. The number of carbonyl (C=O) groups excluding carboxylic acids is 1. The zero-order chi connectivity index (χ0) is 19.3. The van der Waals surface area contributed by atoms with Crippen LogP contribution in [0.1, 0.15) is 28.4 Å². The average Bonchev–Trinajstić information content (AvgIpc) is 2.60. The van der Waals surface area contributed by atoms with E-state index in [0.29, 0.717) is 11.1 Å². The largest absolute Gasteiger partial charge is 0.481 e. The molecule has 0 spiro atoms. The summed E-state index contributed by atoms with van der Waals surface area (Å²) in [5.74, 6) is -2.22. The molecule has 0 saturated carbocycles. The zero-order valence-corrected chi connectivity index (χ0v) is 15.4. The van der Waals surface area contributed by atoms with Crippen molar-refractivity contribution in [3.05, 3.63) is 65.2 Å². The van der Waals surface area contributed by atoms with Gasteiger partial charge in [0.1, 0.15) is 0 Å². The maximum atomic E-state index is 12.4. The predicted molar refractivity (Wildman–Crippen MR) is 97.6 cm³/mol. The first kappa shape index (κ1) is 19.7. The molecule has 0 aliphatic carbocycles. The number of hydrogen-bond acceptors (Lipinski definition) is 4. The number of carboxylic acids is 1. The molecule has 0 bridgehead atoms. The van der Waals surface area contributed by atoms with Gasteiger partial charge in [-0.2, -0.15) is 0 Å². The molecule has 6 nitrogen and oxygen atoms in total. The Balaban J connectivity index is 2.04. The molecule has 0 fully saturated rings. The van der Waals surface area contributed by atoms with Crippen molar-refractivity contribution in [3.63, 3.8) is 0 Å². The van der Waals surface area contributed by atoms with Gasteiger partial charge in [0, 0.05) is 12.1 Å². The topological polar surface area (TPSA) is 101 Å². The number of sulfone groups is 1. The van der Waals surface area contributed by atoms with Gasteiger partial charge in [0.25, 0.3) is 5.91 Å². The Kier molecular flexibility index (Phi) is 6.15. The first-order valence-corrected chi connectivity index (χ1v) is 9.73. The van der Waals surface area contributed by atoms with E-state index in [2.05, 4.69) is 5.32 Å². The molecule has 0 aliphatic rings. The second-order valence-electron chi connectivity index (χ2n) is 6.22. The Hall–Kier alpha value is -2.67. The third-order valence-electron chi connectivity index (χ3n) is 3.94. The molecule has 0 radical (unpaired) electrons. The molecule has 2 aromatic carbocycles. The van der Waals surface area contributed by atoms with Crippen LogP contribution < -0.4 is 5.32 Å². The predicted octanol–water partition coefficient (Wildman–Crippen LogP) is 2.42. The van der Waals surface area contributed by atoms with E-state index < -0.39 is 27.6 Å². The van der Waals surface area contributed by atoms with Crippen molar-refractivity contribution >= 4 is 21.7 Å². The summed E-state index contributed by atoms with van der Waals surface area (Å²) in [6.07, 6.45) is 0. The fourth-order valence-corrected chi connectivity index (χ4v) is 3.58. The monoisotopic (exact) mass is 375 g/mol. The number of nitrogens with one attached hydrogen (secondary N) is 1. The summed E-state index contributed by atoms with van der Waals surface area (Å²) in [7, 11) is -3.46. The van der Waals surface area contributed by atoms with Crippen molar-refractivity contribution in [2.45, 2.75) is 24.5 Å².